The van der Waals surface area contributed by atoms with Gasteiger partial charge < -0.3 is 4.90 Å². The molecule has 1 fully saturated rings. The van der Waals surface area contributed by atoms with Crippen LogP contribution in [0.15, 0.2) is 47.6 Å². The van der Waals surface area contributed by atoms with Crippen molar-refractivity contribution in [3.05, 3.63) is 59.7 Å². The highest BCUT2D eigenvalue weighted by atomic mass is 32.2. The predicted octanol–water partition coefficient (Wildman–Crippen LogP) is 3.16. The van der Waals surface area contributed by atoms with Crippen LogP contribution in [0, 0.1) is 5.82 Å². The lowest BCUT2D eigenvalue weighted by molar-refractivity contribution is 0.384. The molecule has 0 N–H and O–H groups in total. The Morgan fingerprint density at radius 1 is 0.900 bits per heavy atom. The minimum atomic E-state index is -3.55. The van der Waals surface area contributed by atoms with Crippen LogP contribution in [0.1, 0.15) is 24.0 Å². The first-order valence-electron chi connectivity index (χ1n) is 10.3. The maximum atomic E-state index is 14.4. The summed E-state index contributed by atoms with van der Waals surface area (Å²) in [4.78, 5) is 10.7. The minimum Gasteiger partial charge on any atom is -0.353 e. The molecule has 0 spiro atoms. The van der Waals surface area contributed by atoms with Crippen LogP contribution in [-0.2, 0) is 22.9 Å². The molecule has 0 saturated carbocycles. The van der Waals surface area contributed by atoms with Gasteiger partial charge in [0, 0.05) is 26.2 Å². The quantitative estimate of drug-likeness (QED) is 0.644. The summed E-state index contributed by atoms with van der Waals surface area (Å²) in [7, 11) is -3.55. The summed E-state index contributed by atoms with van der Waals surface area (Å²) in [6.07, 6.45) is 5.67. The highest BCUT2D eigenvalue weighted by Gasteiger charge is 2.30. The maximum absolute atomic E-state index is 14.4. The molecule has 156 valence electrons. The highest BCUT2D eigenvalue weighted by Crippen LogP contribution is 2.29. The highest BCUT2D eigenvalue weighted by molar-refractivity contribution is 7.89. The predicted molar refractivity (Wildman–Crippen MR) is 114 cm³/mol. The number of hydrogen-bond donors (Lipinski definition) is 0. The Balaban J connectivity index is 1.37. The number of nitrogens with zero attached hydrogens (tertiary/aromatic N) is 4. The van der Waals surface area contributed by atoms with E-state index < -0.39 is 10.0 Å². The largest absolute Gasteiger partial charge is 0.353 e. The van der Waals surface area contributed by atoms with Crippen molar-refractivity contribution in [1.82, 2.24) is 14.3 Å². The van der Waals surface area contributed by atoms with Crippen molar-refractivity contribution in [2.24, 2.45) is 0 Å². The van der Waals surface area contributed by atoms with E-state index in [2.05, 4.69) is 9.97 Å². The summed E-state index contributed by atoms with van der Waals surface area (Å²) in [6.45, 7) is 1.56. The van der Waals surface area contributed by atoms with Gasteiger partial charge in [0.15, 0.2) is 0 Å². The number of aromatic nitrogens is 2. The van der Waals surface area contributed by atoms with Gasteiger partial charge in [-0.1, -0.05) is 12.1 Å². The Labute approximate surface area is 175 Å². The van der Waals surface area contributed by atoms with Crippen molar-refractivity contribution in [2.75, 3.05) is 31.1 Å². The fourth-order valence-corrected chi connectivity index (χ4v) is 5.92. The molecular formula is C22H23FN4O2S. The number of halogens is 1. The Morgan fingerprint density at radius 3 is 2.47 bits per heavy atom. The normalized spacial score (nSPS) is 17.8. The van der Waals surface area contributed by atoms with E-state index in [9.17, 15) is 12.8 Å². The Hall–Kier alpha value is -2.58. The molecule has 6 nitrogen and oxygen atoms in total. The molecule has 1 aromatic heterocycles. The molecule has 2 aromatic carbocycles. The van der Waals surface area contributed by atoms with Gasteiger partial charge in [-0.25, -0.2) is 22.8 Å². The molecule has 0 unspecified atom stereocenters. The summed E-state index contributed by atoms with van der Waals surface area (Å²) < 4.78 is 42.3. The minimum absolute atomic E-state index is 0.333. The molecule has 0 bridgehead atoms. The number of aryl methyl sites for hydroxylation is 2. The van der Waals surface area contributed by atoms with E-state index in [1.807, 2.05) is 17.0 Å². The molecule has 0 radical (unpaired) electrons. The summed E-state index contributed by atoms with van der Waals surface area (Å²) in [5.74, 6) is 0.149. The second-order valence-electron chi connectivity index (χ2n) is 7.86. The van der Waals surface area contributed by atoms with Gasteiger partial charge in [0.25, 0.3) is 0 Å². The van der Waals surface area contributed by atoms with Crippen LogP contribution in [0.25, 0.3) is 10.9 Å². The number of benzene rings is 2. The fraction of sp³-hybridized carbons (Fsp3) is 0.364. The fourth-order valence-electron chi connectivity index (χ4n) is 4.45. The maximum Gasteiger partial charge on any atom is 0.243 e. The van der Waals surface area contributed by atoms with Gasteiger partial charge >= 0.3 is 0 Å². The number of rotatable bonds is 3. The Kier molecular flexibility index (Phi) is 4.91. The molecule has 1 aliphatic carbocycles. The zero-order valence-corrected chi connectivity index (χ0v) is 17.4. The van der Waals surface area contributed by atoms with Gasteiger partial charge in [0.05, 0.1) is 15.8 Å². The smallest absolute Gasteiger partial charge is 0.243 e. The summed E-state index contributed by atoms with van der Waals surface area (Å²) >= 11 is 0. The third kappa shape index (κ3) is 3.33. The lowest BCUT2D eigenvalue weighted by Gasteiger charge is -2.35. The number of anilines is 1. The van der Waals surface area contributed by atoms with Crippen molar-refractivity contribution >= 4 is 26.7 Å². The van der Waals surface area contributed by atoms with Gasteiger partial charge in [-0.3, -0.25) is 0 Å². The van der Waals surface area contributed by atoms with Crippen molar-refractivity contribution in [1.29, 1.82) is 0 Å². The van der Waals surface area contributed by atoms with Crippen LogP contribution >= 0.6 is 0 Å². The second-order valence-corrected chi connectivity index (χ2v) is 9.80. The SMILES string of the molecule is O=S(=O)(c1ccc2c(c1)CCCC2)N1CCN(c2ncnc3cccc(F)c23)CC1. The molecule has 0 amide bonds. The molecule has 5 rings (SSSR count). The van der Waals surface area contributed by atoms with Gasteiger partial charge in [-0.05, 0) is 61.1 Å². The van der Waals surface area contributed by atoms with E-state index >= 15 is 0 Å². The summed E-state index contributed by atoms with van der Waals surface area (Å²) in [6, 6.07) is 10.3. The van der Waals surface area contributed by atoms with Crippen LogP contribution < -0.4 is 4.90 Å². The van der Waals surface area contributed by atoms with Crippen molar-refractivity contribution in [3.8, 4) is 0 Å². The molecular weight excluding hydrogens is 403 g/mol. The van der Waals surface area contributed by atoms with E-state index in [0.29, 0.717) is 47.8 Å². The Bertz CT molecular complexity index is 1200. The first kappa shape index (κ1) is 19.4. The first-order valence-corrected chi connectivity index (χ1v) is 11.7. The van der Waals surface area contributed by atoms with E-state index in [1.165, 1.54) is 28.7 Å². The molecule has 30 heavy (non-hydrogen) atoms. The van der Waals surface area contributed by atoms with Crippen LogP contribution in [0.5, 0.6) is 0 Å². The lowest BCUT2D eigenvalue weighted by Crippen LogP contribution is -2.49. The van der Waals surface area contributed by atoms with Gasteiger partial charge in [0.2, 0.25) is 10.0 Å². The van der Waals surface area contributed by atoms with Crippen LogP contribution in [0.4, 0.5) is 10.2 Å². The van der Waals surface area contributed by atoms with E-state index in [-0.39, 0.29) is 5.82 Å². The van der Waals surface area contributed by atoms with Crippen LogP contribution in [0.3, 0.4) is 0 Å². The first-order chi connectivity index (χ1) is 14.5. The van der Waals surface area contributed by atoms with Gasteiger partial charge in [0.1, 0.15) is 18.0 Å². The molecule has 1 aliphatic heterocycles. The van der Waals surface area contributed by atoms with E-state index in [0.717, 1.165) is 24.8 Å². The van der Waals surface area contributed by atoms with Crippen molar-refractivity contribution < 1.29 is 12.8 Å². The lowest BCUT2D eigenvalue weighted by atomic mass is 9.92. The van der Waals surface area contributed by atoms with E-state index in [1.54, 1.807) is 18.2 Å². The monoisotopic (exact) mass is 426 g/mol. The third-order valence-electron chi connectivity index (χ3n) is 6.09. The number of sulfonamides is 1. The summed E-state index contributed by atoms with van der Waals surface area (Å²) in [5.41, 5.74) is 2.97. The van der Waals surface area contributed by atoms with Crippen molar-refractivity contribution in [3.63, 3.8) is 0 Å². The molecule has 8 heteroatoms. The van der Waals surface area contributed by atoms with E-state index in [4.69, 9.17) is 0 Å². The molecule has 2 aliphatic rings. The molecule has 0 atom stereocenters. The topological polar surface area (TPSA) is 66.4 Å². The van der Waals surface area contributed by atoms with Crippen LogP contribution in [-0.4, -0.2) is 48.9 Å². The zero-order valence-electron chi connectivity index (χ0n) is 16.6. The number of piperazine rings is 1. The standard InChI is InChI=1S/C22H23FN4O2S/c23-19-6-3-7-20-21(19)22(25-15-24-20)26-10-12-27(13-11-26)30(28,29)18-9-8-16-4-1-2-5-17(16)14-18/h3,6-9,14-15H,1-2,4-5,10-13H2. The van der Waals surface area contributed by atoms with Gasteiger partial charge in [-0.15, -0.1) is 0 Å². The molecule has 3 aromatic rings. The second kappa shape index (κ2) is 7.59. The average Bonchev–Trinajstić information content (AvgIpc) is 2.78. The van der Waals surface area contributed by atoms with Gasteiger partial charge in [-0.2, -0.15) is 4.31 Å². The molecule has 2 heterocycles. The Morgan fingerprint density at radius 2 is 1.67 bits per heavy atom. The summed E-state index contributed by atoms with van der Waals surface area (Å²) in [5, 5.41) is 0.381. The van der Waals surface area contributed by atoms with Crippen molar-refractivity contribution in [2.45, 2.75) is 30.6 Å². The number of hydrogen-bond acceptors (Lipinski definition) is 5. The third-order valence-corrected chi connectivity index (χ3v) is 7.98. The number of fused-ring (bicyclic) bond motifs is 2. The molecule has 1 saturated heterocycles. The van der Waals surface area contributed by atoms with Crippen LogP contribution in [0.2, 0.25) is 0 Å². The average molecular weight is 427 g/mol. The zero-order chi connectivity index (χ0) is 20.7.